The van der Waals surface area contributed by atoms with Crippen molar-refractivity contribution < 1.29 is 19.1 Å². The third-order valence-corrected chi connectivity index (χ3v) is 5.19. The number of carbonyl (C=O) groups excluding carboxylic acids is 2. The summed E-state index contributed by atoms with van der Waals surface area (Å²) in [5.74, 6) is 0.723. The number of hydrogen-bond acceptors (Lipinski definition) is 6. The number of anilines is 2. The fourth-order valence-electron chi connectivity index (χ4n) is 3.23. The number of halogens is 1. The van der Waals surface area contributed by atoms with E-state index >= 15 is 0 Å². The van der Waals surface area contributed by atoms with E-state index < -0.39 is 0 Å². The van der Waals surface area contributed by atoms with Gasteiger partial charge in [0.2, 0.25) is 12.7 Å². The third-order valence-electron chi connectivity index (χ3n) is 4.87. The van der Waals surface area contributed by atoms with Crippen LogP contribution in [0, 0.1) is 11.3 Å². The van der Waals surface area contributed by atoms with Crippen molar-refractivity contribution in [2.45, 2.75) is 6.54 Å². The first-order chi connectivity index (χ1) is 16.0. The molecule has 0 atom stereocenters. The molecule has 33 heavy (non-hydrogen) atoms. The Morgan fingerprint density at radius 1 is 1.03 bits per heavy atom. The number of hydrogen-bond donors (Lipinski definition) is 3. The molecule has 0 fully saturated rings. The maximum atomic E-state index is 12.8. The van der Waals surface area contributed by atoms with Gasteiger partial charge >= 0.3 is 0 Å². The number of carbonyl (C=O) groups is 2. The van der Waals surface area contributed by atoms with Crippen molar-refractivity contribution in [3.05, 3.63) is 82.4 Å². The van der Waals surface area contributed by atoms with Gasteiger partial charge in [-0.15, -0.1) is 0 Å². The monoisotopic (exact) mass is 462 g/mol. The van der Waals surface area contributed by atoms with Crippen LogP contribution in [0.4, 0.5) is 11.4 Å². The molecule has 166 valence electrons. The third kappa shape index (κ3) is 5.34. The molecule has 2 amide bonds. The highest BCUT2D eigenvalue weighted by Crippen LogP contribution is 2.32. The minimum absolute atomic E-state index is 0.0654. The van der Waals surface area contributed by atoms with Crippen molar-refractivity contribution >= 4 is 34.8 Å². The SMILES string of the molecule is N#Cc1ccc(NC(=O)CNc2ccccc2C(=O)NCc2ccc3c(c2)OCO3)cc1Cl. The van der Waals surface area contributed by atoms with Crippen LogP contribution in [0.15, 0.2) is 60.7 Å². The predicted molar refractivity (Wildman–Crippen MR) is 123 cm³/mol. The highest BCUT2D eigenvalue weighted by Gasteiger charge is 2.15. The lowest BCUT2D eigenvalue weighted by atomic mass is 10.1. The lowest BCUT2D eigenvalue weighted by Gasteiger charge is -2.13. The van der Waals surface area contributed by atoms with E-state index in [-0.39, 0.29) is 30.2 Å². The minimum Gasteiger partial charge on any atom is -0.454 e. The van der Waals surface area contributed by atoms with Gasteiger partial charge in [0.25, 0.3) is 5.91 Å². The quantitative estimate of drug-likeness (QED) is 0.490. The topological polar surface area (TPSA) is 112 Å². The first-order valence-corrected chi connectivity index (χ1v) is 10.4. The van der Waals surface area contributed by atoms with Crippen LogP contribution in [0.25, 0.3) is 0 Å². The number of nitrogens with one attached hydrogen (secondary N) is 3. The van der Waals surface area contributed by atoms with E-state index in [2.05, 4.69) is 16.0 Å². The van der Waals surface area contributed by atoms with Crippen LogP contribution >= 0.6 is 11.6 Å². The summed E-state index contributed by atoms with van der Waals surface area (Å²) in [5, 5.41) is 17.8. The molecule has 0 bridgehead atoms. The summed E-state index contributed by atoms with van der Waals surface area (Å²) in [6.45, 7) is 0.434. The van der Waals surface area contributed by atoms with Crippen LogP contribution < -0.4 is 25.4 Å². The number of para-hydroxylation sites is 1. The number of nitrogens with zero attached hydrogens (tertiary/aromatic N) is 1. The van der Waals surface area contributed by atoms with Crippen LogP contribution in [0.1, 0.15) is 21.5 Å². The zero-order chi connectivity index (χ0) is 23.2. The number of amides is 2. The molecule has 0 saturated heterocycles. The molecule has 1 aliphatic rings. The van der Waals surface area contributed by atoms with Crippen molar-refractivity contribution in [3.63, 3.8) is 0 Å². The Morgan fingerprint density at radius 3 is 2.67 bits per heavy atom. The predicted octanol–water partition coefficient (Wildman–Crippen LogP) is 3.92. The van der Waals surface area contributed by atoms with E-state index in [4.69, 9.17) is 26.3 Å². The molecule has 3 aromatic carbocycles. The van der Waals surface area contributed by atoms with Gasteiger partial charge in [0.15, 0.2) is 11.5 Å². The Kier molecular flexibility index (Phi) is 6.62. The van der Waals surface area contributed by atoms with Crippen molar-refractivity contribution in [1.82, 2.24) is 5.32 Å². The average Bonchev–Trinajstić information content (AvgIpc) is 3.29. The number of fused-ring (bicyclic) bond motifs is 1. The molecule has 0 aromatic heterocycles. The molecule has 0 saturated carbocycles. The van der Waals surface area contributed by atoms with Gasteiger partial charge in [-0.2, -0.15) is 5.26 Å². The molecule has 3 aromatic rings. The van der Waals surface area contributed by atoms with Gasteiger partial charge in [-0.05, 0) is 48.0 Å². The number of ether oxygens (including phenoxy) is 2. The first-order valence-electron chi connectivity index (χ1n) is 10.0. The fraction of sp³-hybridized carbons (Fsp3) is 0.125. The van der Waals surface area contributed by atoms with E-state index in [9.17, 15) is 9.59 Å². The van der Waals surface area contributed by atoms with Crippen LogP contribution in [0.3, 0.4) is 0 Å². The zero-order valence-corrected chi connectivity index (χ0v) is 18.1. The second-order valence-electron chi connectivity index (χ2n) is 7.12. The van der Waals surface area contributed by atoms with E-state index in [0.717, 1.165) is 5.56 Å². The molecule has 3 N–H and O–H groups in total. The average molecular weight is 463 g/mol. The van der Waals surface area contributed by atoms with Crippen molar-refractivity contribution in [2.24, 2.45) is 0 Å². The van der Waals surface area contributed by atoms with Gasteiger partial charge in [-0.1, -0.05) is 29.8 Å². The molecule has 0 aliphatic carbocycles. The molecule has 9 heteroatoms. The Bertz CT molecular complexity index is 1260. The molecule has 8 nitrogen and oxygen atoms in total. The summed E-state index contributed by atoms with van der Waals surface area (Å²) in [4.78, 5) is 25.1. The van der Waals surface area contributed by atoms with Gasteiger partial charge < -0.3 is 25.4 Å². The maximum absolute atomic E-state index is 12.8. The van der Waals surface area contributed by atoms with Gasteiger partial charge in [0, 0.05) is 17.9 Å². The van der Waals surface area contributed by atoms with Crippen molar-refractivity contribution in [2.75, 3.05) is 24.0 Å². The normalized spacial score (nSPS) is 11.4. The summed E-state index contributed by atoms with van der Waals surface area (Å²) in [6.07, 6.45) is 0. The van der Waals surface area contributed by atoms with Gasteiger partial charge in [-0.3, -0.25) is 9.59 Å². The summed E-state index contributed by atoms with van der Waals surface area (Å²) in [6, 6.07) is 19.0. The van der Waals surface area contributed by atoms with Crippen LogP contribution in [0.2, 0.25) is 5.02 Å². The van der Waals surface area contributed by atoms with Crippen LogP contribution in [0.5, 0.6) is 11.5 Å². The summed E-state index contributed by atoms with van der Waals surface area (Å²) in [7, 11) is 0. The number of nitriles is 1. The summed E-state index contributed by atoms with van der Waals surface area (Å²) < 4.78 is 10.7. The zero-order valence-electron chi connectivity index (χ0n) is 17.4. The maximum Gasteiger partial charge on any atom is 0.253 e. The van der Waals surface area contributed by atoms with Gasteiger partial charge in [-0.25, -0.2) is 0 Å². The lowest BCUT2D eigenvalue weighted by molar-refractivity contribution is -0.114. The second kappa shape index (κ2) is 9.94. The summed E-state index contributed by atoms with van der Waals surface area (Å²) in [5.41, 5.74) is 2.61. The Hall–Kier alpha value is -4.22. The highest BCUT2D eigenvalue weighted by molar-refractivity contribution is 6.32. The Balaban J connectivity index is 1.35. The number of rotatable bonds is 7. The van der Waals surface area contributed by atoms with E-state index in [1.165, 1.54) is 12.1 Å². The van der Waals surface area contributed by atoms with Crippen LogP contribution in [-0.4, -0.2) is 25.2 Å². The minimum atomic E-state index is -0.327. The molecule has 4 rings (SSSR count). The largest absolute Gasteiger partial charge is 0.454 e. The van der Waals surface area contributed by atoms with E-state index in [1.54, 1.807) is 36.4 Å². The molecule has 1 aliphatic heterocycles. The fourth-order valence-corrected chi connectivity index (χ4v) is 3.45. The van der Waals surface area contributed by atoms with E-state index in [1.807, 2.05) is 18.2 Å². The number of benzene rings is 3. The molecule has 0 radical (unpaired) electrons. The standard InChI is InChI=1S/C24H19ClN4O4/c25-19-10-17(7-6-16(19)11-26)29-23(30)13-27-20-4-2-1-3-18(20)24(31)28-12-15-5-8-21-22(9-15)33-14-32-21/h1-10,27H,12-14H2,(H,28,31)(H,29,30). The Labute approximate surface area is 195 Å². The van der Waals surface area contributed by atoms with E-state index in [0.29, 0.717) is 40.5 Å². The van der Waals surface area contributed by atoms with Crippen molar-refractivity contribution in [1.29, 1.82) is 5.26 Å². The second-order valence-corrected chi connectivity index (χ2v) is 7.53. The van der Waals surface area contributed by atoms with Gasteiger partial charge in [0.05, 0.1) is 22.7 Å². The molecule has 0 spiro atoms. The smallest absolute Gasteiger partial charge is 0.253 e. The lowest BCUT2D eigenvalue weighted by Crippen LogP contribution is -2.26. The molecular formula is C24H19ClN4O4. The highest BCUT2D eigenvalue weighted by atomic mass is 35.5. The molecule has 0 unspecified atom stereocenters. The molecular weight excluding hydrogens is 444 g/mol. The van der Waals surface area contributed by atoms with Crippen LogP contribution in [-0.2, 0) is 11.3 Å². The van der Waals surface area contributed by atoms with Crippen molar-refractivity contribution in [3.8, 4) is 17.6 Å². The summed E-state index contributed by atoms with van der Waals surface area (Å²) >= 11 is 6.00. The Morgan fingerprint density at radius 2 is 1.85 bits per heavy atom. The van der Waals surface area contributed by atoms with Gasteiger partial charge in [0.1, 0.15) is 6.07 Å². The first kappa shape index (κ1) is 22.0. The molecule has 1 heterocycles.